The van der Waals surface area contributed by atoms with Gasteiger partial charge in [-0.15, -0.1) is 0 Å². The smallest absolute Gasteiger partial charge is 0.131 e. The van der Waals surface area contributed by atoms with Crippen molar-refractivity contribution in [3.8, 4) is 17.0 Å². The first kappa shape index (κ1) is 14.3. The molecule has 4 nitrogen and oxygen atoms in total. The fourth-order valence-electron chi connectivity index (χ4n) is 2.00. The molecule has 0 atom stereocenters. The first-order chi connectivity index (χ1) is 9.67. The minimum absolute atomic E-state index is 0.539. The molecular weight excluding hydrogens is 250 g/mol. The molecule has 0 unspecified atom stereocenters. The molecule has 0 radical (unpaired) electrons. The Morgan fingerprint density at radius 3 is 2.60 bits per heavy atom. The number of aryl methyl sites for hydroxylation is 1. The van der Waals surface area contributed by atoms with E-state index in [0.717, 1.165) is 41.2 Å². The highest BCUT2D eigenvalue weighted by molar-refractivity contribution is 5.72. The molecular formula is C16H21N3O. The maximum atomic E-state index is 5.99. The van der Waals surface area contributed by atoms with Crippen LogP contribution in [0.1, 0.15) is 31.7 Å². The van der Waals surface area contributed by atoms with Crippen molar-refractivity contribution >= 4 is 5.82 Å². The Labute approximate surface area is 120 Å². The van der Waals surface area contributed by atoms with Gasteiger partial charge in [0.25, 0.3) is 0 Å². The van der Waals surface area contributed by atoms with E-state index in [-0.39, 0.29) is 0 Å². The van der Waals surface area contributed by atoms with E-state index in [4.69, 9.17) is 10.5 Å². The average molecular weight is 271 g/mol. The molecule has 2 N–H and O–H groups in total. The molecule has 0 amide bonds. The first-order valence-corrected chi connectivity index (χ1v) is 7.02. The maximum absolute atomic E-state index is 5.99. The lowest BCUT2D eigenvalue weighted by Crippen LogP contribution is -2.05. The van der Waals surface area contributed by atoms with Gasteiger partial charge in [-0.05, 0) is 25.5 Å². The zero-order valence-corrected chi connectivity index (χ0v) is 12.3. The zero-order valence-electron chi connectivity index (χ0n) is 12.3. The highest BCUT2D eigenvalue weighted by Crippen LogP contribution is 2.32. The number of nitrogens with zero attached hydrogens (tertiary/aromatic N) is 2. The number of nitrogen functional groups attached to an aromatic ring is 1. The topological polar surface area (TPSA) is 61.0 Å². The van der Waals surface area contributed by atoms with Crippen LogP contribution in [0, 0.1) is 6.92 Å². The minimum Gasteiger partial charge on any atom is -0.493 e. The van der Waals surface area contributed by atoms with Crippen LogP contribution < -0.4 is 10.5 Å². The molecule has 2 rings (SSSR count). The fourth-order valence-corrected chi connectivity index (χ4v) is 2.00. The molecule has 20 heavy (non-hydrogen) atoms. The third kappa shape index (κ3) is 2.90. The molecule has 0 saturated heterocycles. The van der Waals surface area contributed by atoms with Crippen molar-refractivity contribution in [3.05, 3.63) is 35.7 Å². The molecule has 1 aromatic carbocycles. The molecule has 0 bridgehead atoms. The van der Waals surface area contributed by atoms with Crippen molar-refractivity contribution in [1.29, 1.82) is 0 Å². The van der Waals surface area contributed by atoms with E-state index in [9.17, 15) is 0 Å². The van der Waals surface area contributed by atoms with E-state index in [2.05, 4.69) is 16.9 Å². The molecule has 1 aromatic heterocycles. The Morgan fingerprint density at radius 2 is 1.90 bits per heavy atom. The molecule has 0 fully saturated rings. The van der Waals surface area contributed by atoms with Crippen LogP contribution in [-0.2, 0) is 6.42 Å². The third-order valence-corrected chi connectivity index (χ3v) is 3.15. The summed E-state index contributed by atoms with van der Waals surface area (Å²) in [6.07, 6.45) is 1.73. The molecule has 0 aliphatic heterocycles. The Hall–Kier alpha value is -2.10. The minimum atomic E-state index is 0.539. The summed E-state index contributed by atoms with van der Waals surface area (Å²) in [5.41, 5.74) is 8.73. The number of para-hydroxylation sites is 1. The summed E-state index contributed by atoms with van der Waals surface area (Å²) < 4.78 is 5.81. The van der Waals surface area contributed by atoms with E-state index in [1.54, 1.807) is 0 Å². The van der Waals surface area contributed by atoms with Crippen molar-refractivity contribution < 1.29 is 4.74 Å². The SMILES string of the molecule is CCCOc1ccccc1-c1nc(CC)nc(N)c1C. The van der Waals surface area contributed by atoms with Crippen LogP contribution in [0.25, 0.3) is 11.3 Å². The van der Waals surface area contributed by atoms with E-state index in [1.165, 1.54) is 0 Å². The molecule has 2 aromatic rings. The Kier molecular flexibility index (Phi) is 4.56. The first-order valence-electron chi connectivity index (χ1n) is 7.02. The number of nitrogens with two attached hydrogens (primary N) is 1. The predicted molar refractivity (Wildman–Crippen MR) is 81.8 cm³/mol. The number of rotatable bonds is 5. The van der Waals surface area contributed by atoms with Gasteiger partial charge in [-0.1, -0.05) is 26.0 Å². The lowest BCUT2D eigenvalue weighted by atomic mass is 10.1. The lowest BCUT2D eigenvalue weighted by Gasteiger charge is -2.14. The molecule has 4 heteroatoms. The molecule has 0 spiro atoms. The van der Waals surface area contributed by atoms with Gasteiger partial charge in [0, 0.05) is 17.5 Å². The summed E-state index contributed by atoms with van der Waals surface area (Å²) >= 11 is 0. The van der Waals surface area contributed by atoms with Crippen LogP contribution in [0.15, 0.2) is 24.3 Å². The molecule has 0 aliphatic carbocycles. The summed E-state index contributed by atoms with van der Waals surface area (Å²) in [6, 6.07) is 7.93. The number of aromatic nitrogens is 2. The van der Waals surface area contributed by atoms with Crippen molar-refractivity contribution in [3.63, 3.8) is 0 Å². The van der Waals surface area contributed by atoms with E-state index < -0.39 is 0 Å². The molecule has 106 valence electrons. The van der Waals surface area contributed by atoms with Crippen LogP contribution in [0.5, 0.6) is 5.75 Å². The van der Waals surface area contributed by atoms with Crippen molar-refractivity contribution in [1.82, 2.24) is 9.97 Å². The molecule has 1 heterocycles. The highest BCUT2D eigenvalue weighted by Gasteiger charge is 2.14. The van der Waals surface area contributed by atoms with Crippen LogP contribution in [0.2, 0.25) is 0 Å². The van der Waals surface area contributed by atoms with Crippen molar-refractivity contribution in [2.45, 2.75) is 33.6 Å². The van der Waals surface area contributed by atoms with Gasteiger partial charge in [0.05, 0.1) is 12.3 Å². The summed E-state index contributed by atoms with van der Waals surface area (Å²) in [7, 11) is 0. The second kappa shape index (κ2) is 6.37. The van der Waals surface area contributed by atoms with E-state index in [0.29, 0.717) is 12.4 Å². The van der Waals surface area contributed by atoms with Gasteiger partial charge in [-0.2, -0.15) is 0 Å². The monoisotopic (exact) mass is 271 g/mol. The van der Waals surface area contributed by atoms with Gasteiger partial charge >= 0.3 is 0 Å². The second-order valence-electron chi connectivity index (χ2n) is 4.70. The van der Waals surface area contributed by atoms with Gasteiger partial charge in [0.15, 0.2) is 0 Å². The second-order valence-corrected chi connectivity index (χ2v) is 4.70. The van der Waals surface area contributed by atoms with E-state index in [1.807, 2.05) is 38.1 Å². The van der Waals surface area contributed by atoms with Crippen LogP contribution >= 0.6 is 0 Å². The third-order valence-electron chi connectivity index (χ3n) is 3.15. The standard InChI is InChI=1S/C16H21N3O/c1-4-10-20-13-9-7-6-8-12(13)15-11(3)16(17)19-14(5-2)18-15/h6-9H,4-5,10H2,1-3H3,(H2,17,18,19). The quantitative estimate of drug-likeness (QED) is 0.905. The van der Waals surface area contributed by atoms with Gasteiger partial charge in [0.1, 0.15) is 17.4 Å². The number of ether oxygens (including phenoxy) is 1. The van der Waals surface area contributed by atoms with Crippen LogP contribution in [-0.4, -0.2) is 16.6 Å². The summed E-state index contributed by atoms with van der Waals surface area (Å²) in [5.74, 6) is 2.14. The highest BCUT2D eigenvalue weighted by atomic mass is 16.5. The zero-order chi connectivity index (χ0) is 14.5. The van der Waals surface area contributed by atoms with Crippen LogP contribution in [0.3, 0.4) is 0 Å². The summed E-state index contributed by atoms with van der Waals surface area (Å²) in [6.45, 7) is 6.75. The number of hydrogen-bond acceptors (Lipinski definition) is 4. The van der Waals surface area contributed by atoms with Gasteiger partial charge in [0.2, 0.25) is 0 Å². The Morgan fingerprint density at radius 1 is 1.15 bits per heavy atom. The van der Waals surface area contributed by atoms with Gasteiger partial charge in [-0.3, -0.25) is 0 Å². The number of hydrogen-bond donors (Lipinski definition) is 1. The van der Waals surface area contributed by atoms with Crippen molar-refractivity contribution in [2.24, 2.45) is 0 Å². The number of anilines is 1. The van der Waals surface area contributed by atoms with Gasteiger partial charge in [-0.25, -0.2) is 9.97 Å². The van der Waals surface area contributed by atoms with Crippen LogP contribution in [0.4, 0.5) is 5.82 Å². The maximum Gasteiger partial charge on any atom is 0.131 e. The largest absolute Gasteiger partial charge is 0.493 e. The summed E-state index contributed by atoms with van der Waals surface area (Å²) in [5, 5.41) is 0. The fraction of sp³-hybridized carbons (Fsp3) is 0.375. The Bertz CT molecular complexity index is 596. The lowest BCUT2D eigenvalue weighted by molar-refractivity contribution is 0.318. The average Bonchev–Trinajstić information content (AvgIpc) is 2.48. The predicted octanol–water partition coefficient (Wildman–Crippen LogP) is 3.39. The van der Waals surface area contributed by atoms with Crippen molar-refractivity contribution in [2.75, 3.05) is 12.3 Å². The molecule has 0 saturated carbocycles. The Balaban J connectivity index is 2.53. The normalized spacial score (nSPS) is 10.6. The number of benzene rings is 1. The van der Waals surface area contributed by atoms with E-state index >= 15 is 0 Å². The van der Waals surface area contributed by atoms with Gasteiger partial charge < -0.3 is 10.5 Å². The molecule has 0 aliphatic rings. The summed E-state index contributed by atoms with van der Waals surface area (Å²) in [4.78, 5) is 8.91.